The summed E-state index contributed by atoms with van der Waals surface area (Å²) in [4.78, 5) is 0. The van der Waals surface area contributed by atoms with Crippen LogP contribution in [-0.4, -0.2) is 6.54 Å². The number of benzene rings is 2. The van der Waals surface area contributed by atoms with E-state index in [1.54, 1.807) is 0 Å². The van der Waals surface area contributed by atoms with Crippen molar-refractivity contribution in [1.29, 1.82) is 0 Å². The Kier molecular flexibility index (Phi) is 2.17. The maximum Gasteiger partial charge on any atom is 0.0725 e. The van der Waals surface area contributed by atoms with Crippen molar-refractivity contribution in [2.75, 3.05) is 11.9 Å². The summed E-state index contributed by atoms with van der Waals surface area (Å²) in [5.41, 5.74) is 8.02. The van der Waals surface area contributed by atoms with E-state index in [0.717, 1.165) is 26.2 Å². The molecular weight excluding hydrogens is 222 g/mol. The Balaban J connectivity index is 1.78. The summed E-state index contributed by atoms with van der Waals surface area (Å²) in [6.45, 7) is 2.59. The lowest BCUT2D eigenvalue weighted by Crippen LogP contribution is -1.90. The van der Waals surface area contributed by atoms with Gasteiger partial charge in [0.2, 0.25) is 0 Å². The molecule has 2 heterocycles. The van der Waals surface area contributed by atoms with Crippen molar-refractivity contribution >= 4 is 5.69 Å². The molecule has 2 aliphatic heterocycles. The van der Waals surface area contributed by atoms with Gasteiger partial charge in [0.05, 0.1) is 13.2 Å². The topological polar surface area (TPSA) is 21.3 Å². The molecule has 0 aromatic heterocycles. The van der Waals surface area contributed by atoms with Crippen LogP contribution in [0.15, 0.2) is 36.4 Å². The molecule has 0 saturated heterocycles. The molecule has 0 fully saturated rings. The first kappa shape index (κ1) is 10.2. The van der Waals surface area contributed by atoms with Crippen molar-refractivity contribution < 1.29 is 4.74 Å². The fourth-order valence-electron chi connectivity index (χ4n) is 2.84. The standard InChI is InChI=1S/C16H15NO/c1-2-14-9-18-10-15(14)8-11(1)12-3-4-16-13(7-12)5-6-17-16/h1-4,7-8,17H,5-6,9-10H2. The fourth-order valence-corrected chi connectivity index (χ4v) is 2.84. The molecule has 2 heteroatoms. The van der Waals surface area contributed by atoms with Crippen molar-refractivity contribution in [2.24, 2.45) is 0 Å². The lowest BCUT2D eigenvalue weighted by molar-refractivity contribution is 0.134. The Hall–Kier alpha value is -1.80. The molecule has 2 aliphatic rings. The molecule has 0 unspecified atom stereocenters. The molecule has 0 atom stereocenters. The maximum atomic E-state index is 5.47. The molecule has 0 spiro atoms. The molecule has 1 N–H and O–H groups in total. The van der Waals surface area contributed by atoms with E-state index in [9.17, 15) is 0 Å². The highest BCUT2D eigenvalue weighted by atomic mass is 16.5. The Morgan fingerprint density at radius 3 is 2.56 bits per heavy atom. The minimum absolute atomic E-state index is 0.760. The van der Waals surface area contributed by atoms with Gasteiger partial charge in [-0.25, -0.2) is 0 Å². The number of nitrogens with one attached hydrogen (secondary N) is 1. The van der Waals surface area contributed by atoms with Gasteiger partial charge in [-0.15, -0.1) is 0 Å². The average Bonchev–Trinajstić information content (AvgIpc) is 3.05. The molecule has 0 bridgehead atoms. The Labute approximate surface area is 107 Å². The highest BCUT2D eigenvalue weighted by Gasteiger charge is 2.14. The van der Waals surface area contributed by atoms with E-state index in [4.69, 9.17) is 4.74 Å². The highest BCUT2D eigenvalue weighted by molar-refractivity contribution is 5.70. The first-order valence-electron chi connectivity index (χ1n) is 6.47. The van der Waals surface area contributed by atoms with E-state index in [-0.39, 0.29) is 0 Å². The van der Waals surface area contributed by atoms with Gasteiger partial charge in [-0.05, 0) is 52.4 Å². The molecule has 2 aromatic carbocycles. The zero-order valence-electron chi connectivity index (χ0n) is 10.2. The highest BCUT2D eigenvalue weighted by Crippen LogP contribution is 2.31. The van der Waals surface area contributed by atoms with Gasteiger partial charge in [0.15, 0.2) is 0 Å². The summed E-state index contributed by atoms with van der Waals surface area (Å²) >= 11 is 0. The number of ether oxygens (including phenoxy) is 1. The van der Waals surface area contributed by atoms with E-state index in [1.807, 2.05) is 0 Å². The monoisotopic (exact) mass is 237 g/mol. The van der Waals surface area contributed by atoms with Gasteiger partial charge in [0, 0.05) is 12.2 Å². The fraction of sp³-hybridized carbons (Fsp3) is 0.250. The van der Waals surface area contributed by atoms with Crippen LogP contribution in [0.25, 0.3) is 11.1 Å². The zero-order valence-corrected chi connectivity index (χ0v) is 10.2. The van der Waals surface area contributed by atoms with Crippen LogP contribution < -0.4 is 5.32 Å². The van der Waals surface area contributed by atoms with Crippen molar-refractivity contribution in [2.45, 2.75) is 19.6 Å². The molecular formula is C16H15NO. The number of rotatable bonds is 1. The first-order chi connectivity index (χ1) is 8.90. The SMILES string of the molecule is c1cc2c(cc1-c1ccc3c(c1)CCN3)COC2. The van der Waals surface area contributed by atoms with Crippen molar-refractivity contribution in [3.63, 3.8) is 0 Å². The summed E-state index contributed by atoms with van der Waals surface area (Å²) in [6, 6.07) is 13.4. The quantitative estimate of drug-likeness (QED) is 0.821. The third-order valence-electron chi connectivity index (χ3n) is 3.87. The molecule has 0 saturated carbocycles. The Bertz CT molecular complexity index is 563. The molecule has 18 heavy (non-hydrogen) atoms. The molecule has 2 aromatic rings. The largest absolute Gasteiger partial charge is 0.384 e. The molecule has 0 amide bonds. The van der Waals surface area contributed by atoms with Crippen LogP contribution in [0.5, 0.6) is 0 Å². The van der Waals surface area contributed by atoms with Gasteiger partial charge in [0.1, 0.15) is 0 Å². The molecule has 4 rings (SSSR count). The van der Waals surface area contributed by atoms with Gasteiger partial charge >= 0.3 is 0 Å². The van der Waals surface area contributed by atoms with Crippen LogP contribution in [0, 0.1) is 0 Å². The maximum absolute atomic E-state index is 5.47. The molecule has 0 radical (unpaired) electrons. The summed E-state index contributed by atoms with van der Waals surface area (Å²) in [7, 11) is 0. The zero-order chi connectivity index (χ0) is 11.9. The molecule has 2 nitrogen and oxygen atoms in total. The van der Waals surface area contributed by atoms with Gasteiger partial charge in [-0.3, -0.25) is 0 Å². The second-order valence-corrected chi connectivity index (χ2v) is 5.02. The van der Waals surface area contributed by atoms with Crippen molar-refractivity contribution in [3.8, 4) is 11.1 Å². The predicted octanol–water partition coefficient (Wildman–Crippen LogP) is 3.35. The smallest absolute Gasteiger partial charge is 0.0725 e. The van der Waals surface area contributed by atoms with E-state index in [1.165, 1.54) is 33.5 Å². The normalized spacial score (nSPS) is 16.2. The number of anilines is 1. The first-order valence-corrected chi connectivity index (χ1v) is 6.47. The van der Waals surface area contributed by atoms with Gasteiger partial charge in [-0.1, -0.05) is 18.2 Å². The number of hydrogen-bond acceptors (Lipinski definition) is 2. The Morgan fingerprint density at radius 1 is 0.833 bits per heavy atom. The summed E-state index contributed by atoms with van der Waals surface area (Å²) in [5, 5.41) is 3.40. The van der Waals surface area contributed by atoms with Gasteiger partial charge in [-0.2, -0.15) is 0 Å². The molecule has 90 valence electrons. The summed E-state index contributed by atoms with van der Waals surface area (Å²) in [6.07, 6.45) is 1.14. The van der Waals surface area contributed by atoms with Crippen LogP contribution in [0.4, 0.5) is 5.69 Å². The third kappa shape index (κ3) is 1.53. The second-order valence-electron chi connectivity index (χ2n) is 5.02. The van der Waals surface area contributed by atoms with Crippen LogP contribution >= 0.6 is 0 Å². The Morgan fingerprint density at radius 2 is 1.61 bits per heavy atom. The number of hydrogen-bond donors (Lipinski definition) is 1. The minimum atomic E-state index is 0.760. The number of fused-ring (bicyclic) bond motifs is 2. The van der Waals surface area contributed by atoms with Crippen molar-refractivity contribution in [1.82, 2.24) is 0 Å². The van der Waals surface area contributed by atoms with Crippen LogP contribution in [0.3, 0.4) is 0 Å². The second kappa shape index (κ2) is 3.85. The van der Waals surface area contributed by atoms with E-state index < -0.39 is 0 Å². The lowest BCUT2D eigenvalue weighted by atomic mass is 9.98. The average molecular weight is 237 g/mol. The van der Waals surface area contributed by atoms with Crippen LogP contribution in [0.2, 0.25) is 0 Å². The van der Waals surface area contributed by atoms with E-state index >= 15 is 0 Å². The molecule has 0 aliphatic carbocycles. The van der Waals surface area contributed by atoms with Crippen molar-refractivity contribution in [3.05, 3.63) is 53.1 Å². The summed E-state index contributed by atoms with van der Waals surface area (Å²) in [5.74, 6) is 0. The van der Waals surface area contributed by atoms with Gasteiger partial charge < -0.3 is 10.1 Å². The van der Waals surface area contributed by atoms with Crippen LogP contribution in [-0.2, 0) is 24.4 Å². The predicted molar refractivity (Wildman–Crippen MR) is 72.6 cm³/mol. The summed E-state index contributed by atoms with van der Waals surface area (Å²) < 4.78 is 5.47. The van der Waals surface area contributed by atoms with Crippen LogP contribution in [0.1, 0.15) is 16.7 Å². The van der Waals surface area contributed by atoms with Gasteiger partial charge in [0.25, 0.3) is 0 Å². The third-order valence-corrected chi connectivity index (χ3v) is 3.87. The lowest BCUT2D eigenvalue weighted by Gasteiger charge is -2.07. The van der Waals surface area contributed by atoms with E-state index in [2.05, 4.69) is 41.7 Å². The minimum Gasteiger partial charge on any atom is -0.384 e. The van der Waals surface area contributed by atoms with E-state index in [0.29, 0.717) is 0 Å².